The fourth-order valence-electron chi connectivity index (χ4n) is 2.51. The second kappa shape index (κ2) is 25.2. The van der Waals surface area contributed by atoms with Crippen LogP contribution in [0.15, 0.2) is 0 Å². The van der Waals surface area contributed by atoms with E-state index in [1.807, 2.05) is 0 Å². The topological polar surface area (TPSA) is 202 Å². The van der Waals surface area contributed by atoms with Gasteiger partial charge in [0.1, 0.15) is 0 Å². The molecule has 0 radical (unpaired) electrons. The zero-order valence-corrected chi connectivity index (χ0v) is 20.6. The monoisotopic (exact) mass is 513 g/mol. The molecule has 0 fully saturated rings. The van der Waals surface area contributed by atoms with Gasteiger partial charge in [0.15, 0.2) is 0 Å². The van der Waals surface area contributed by atoms with E-state index >= 15 is 0 Å². The zero-order valence-electron chi connectivity index (χ0n) is 19.0. The molecule has 32 heavy (non-hydrogen) atoms. The molecule has 0 rings (SSSR count). The first kappa shape index (κ1) is 36.2. The average molecular weight is 514 g/mol. The van der Waals surface area contributed by atoms with Crippen LogP contribution in [0.4, 0.5) is 0 Å². The summed E-state index contributed by atoms with van der Waals surface area (Å²) < 4.78 is 64.6. The van der Waals surface area contributed by atoms with Crippen LogP contribution in [0.2, 0.25) is 0 Å². The molecule has 0 atom stereocenters. The van der Waals surface area contributed by atoms with Gasteiger partial charge in [-0.2, -0.15) is 16.8 Å². The highest BCUT2D eigenvalue weighted by Gasteiger charge is 2.02. The van der Waals surface area contributed by atoms with Crippen molar-refractivity contribution in [2.45, 2.75) is 71.1 Å². The summed E-state index contributed by atoms with van der Waals surface area (Å²) in [5.41, 5.74) is 0. The molecule has 6 N–H and O–H groups in total. The van der Waals surface area contributed by atoms with Gasteiger partial charge < -0.3 is 15.3 Å². The molecule has 0 aliphatic carbocycles. The number of hydrogen-bond donors (Lipinski definition) is 6. The zero-order chi connectivity index (χ0) is 25.3. The summed E-state index contributed by atoms with van der Waals surface area (Å²) in [6, 6.07) is 0. The first-order valence-corrected chi connectivity index (χ1v) is 13.5. The van der Waals surface area contributed by atoms with E-state index in [1.54, 1.807) is 4.90 Å². The van der Waals surface area contributed by atoms with E-state index in [0.29, 0.717) is 26.1 Å². The lowest BCUT2D eigenvalue weighted by molar-refractivity contribution is 0.136. The summed E-state index contributed by atoms with van der Waals surface area (Å²) in [6.07, 6.45) is 11.9. The Morgan fingerprint density at radius 3 is 1.22 bits per heavy atom. The summed E-state index contributed by atoms with van der Waals surface area (Å²) in [4.78, 5) is 1.79. The van der Waals surface area contributed by atoms with Gasteiger partial charge in [-0.1, -0.05) is 64.7 Å². The van der Waals surface area contributed by atoms with Gasteiger partial charge in [-0.3, -0.25) is 18.6 Å². The summed E-state index contributed by atoms with van der Waals surface area (Å²) in [5.74, 6) is 0. The van der Waals surface area contributed by atoms with E-state index in [1.165, 1.54) is 44.9 Å². The van der Waals surface area contributed by atoms with Crippen LogP contribution >= 0.6 is 0 Å². The Morgan fingerprint density at radius 2 is 0.938 bits per heavy atom. The molecule has 0 aliphatic rings. The first-order valence-electron chi connectivity index (χ1n) is 10.8. The van der Waals surface area contributed by atoms with E-state index in [-0.39, 0.29) is 26.4 Å². The molecule has 198 valence electrons. The summed E-state index contributed by atoms with van der Waals surface area (Å²) in [7, 11) is -8.90. The Labute approximate surface area is 193 Å². The Kier molecular flexibility index (Phi) is 28.5. The van der Waals surface area contributed by atoms with Crippen LogP contribution < -0.4 is 0 Å². The number of hydrogen-bond acceptors (Lipinski definition) is 9. The maximum absolute atomic E-state index is 10.2. The van der Waals surface area contributed by atoms with Gasteiger partial charge in [0.05, 0.1) is 26.4 Å². The maximum Gasteiger partial charge on any atom is 0.397 e. The minimum atomic E-state index is -4.67. The smallest absolute Gasteiger partial charge is 0.395 e. The molecule has 0 amide bonds. The molecule has 0 aromatic heterocycles. The molecule has 0 saturated heterocycles. The normalized spacial score (nSPS) is 11.5. The third-order valence-electron chi connectivity index (χ3n) is 3.98. The standard InChI is InChI=1S/C12H26O4S.C6H15NO3.H2O4S/c1-2-3-4-5-6-7-8-9-10-11-12-16-17(13,14)15;8-4-1-7(2-5-9)3-6-10;1-5(2,3)4/h2-12H2,1H3,(H,13,14,15);8-10H,1-6H2;(H2,1,2,3,4). The highest BCUT2D eigenvalue weighted by atomic mass is 32.3. The van der Waals surface area contributed by atoms with E-state index < -0.39 is 20.8 Å². The van der Waals surface area contributed by atoms with Gasteiger partial charge in [0.2, 0.25) is 0 Å². The second-order valence-electron chi connectivity index (χ2n) is 6.89. The van der Waals surface area contributed by atoms with Crippen molar-refractivity contribution in [1.29, 1.82) is 0 Å². The molecule has 0 aromatic rings. The Hall–Kier alpha value is -0.420. The molecule has 0 aromatic carbocycles. The molecule has 12 nitrogen and oxygen atoms in total. The van der Waals surface area contributed by atoms with Gasteiger partial charge in [-0.15, -0.1) is 0 Å². The van der Waals surface area contributed by atoms with Crippen molar-refractivity contribution in [3.05, 3.63) is 0 Å². The third kappa shape index (κ3) is 47.4. The van der Waals surface area contributed by atoms with Crippen LogP contribution in [0, 0.1) is 0 Å². The fraction of sp³-hybridized carbons (Fsp3) is 1.00. The highest BCUT2D eigenvalue weighted by Crippen LogP contribution is 2.10. The molecule has 0 spiro atoms. The van der Waals surface area contributed by atoms with Crippen LogP contribution in [0.3, 0.4) is 0 Å². The van der Waals surface area contributed by atoms with E-state index in [4.69, 9.17) is 37.4 Å². The van der Waals surface area contributed by atoms with Crippen molar-refractivity contribution in [3.8, 4) is 0 Å². The Bertz CT molecular complexity index is 549. The average Bonchev–Trinajstić information content (AvgIpc) is 2.65. The summed E-state index contributed by atoms with van der Waals surface area (Å²) in [5, 5.41) is 25.5. The first-order chi connectivity index (χ1) is 14.9. The largest absolute Gasteiger partial charge is 0.397 e. The lowest BCUT2D eigenvalue weighted by atomic mass is 10.1. The van der Waals surface area contributed by atoms with Crippen LogP contribution in [0.25, 0.3) is 0 Å². The molecular weight excluding hydrogens is 470 g/mol. The van der Waals surface area contributed by atoms with Gasteiger partial charge in [0.25, 0.3) is 0 Å². The van der Waals surface area contributed by atoms with Crippen molar-refractivity contribution < 1.29 is 50.0 Å². The number of aliphatic hydroxyl groups excluding tert-OH is 3. The third-order valence-corrected chi connectivity index (χ3v) is 4.44. The number of rotatable bonds is 18. The quantitative estimate of drug-likeness (QED) is 0.114. The van der Waals surface area contributed by atoms with Gasteiger partial charge >= 0.3 is 20.8 Å². The van der Waals surface area contributed by atoms with Crippen LogP contribution in [0.1, 0.15) is 71.1 Å². The maximum atomic E-state index is 10.2. The SMILES string of the molecule is CCCCCCCCCCCCOS(=O)(=O)O.O=S(=O)(O)O.OCCN(CCO)CCO. The van der Waals surface area contributed by atoms with E-state index in [2.05, 4.69) is 11.1 Å². The van der Waals surface area contributed by atoms with Crippen molar-refractivity contribution >= 4 is 20.8 Å². The highest BCUT2D eigenvalue weighted by molar-refractivity contribution is 7.80. The molecule has 14 heteroatoms. The van der Waals surface area contributed by atoms with Crippen LogP contribution in [-0.4, -0.2) is 96.8 Å². The minimum Gasteiger partial charge on any atom is -0.395 e. The molecular formula is C18H43NO11S2. The van der Waals surface area contributed by atoms with Crippen LogP contribution in [-0.2, 0) is 25.0 Å². The van der Waals surface area contributed by atoms with Gasteiger partial charge in [-0.25, -0.2) is 4.18 Å². The fourth-order valence-corrected chi connectivity index (χ4v) is 2.84. The lowest BCUT2D eigenvalue weighted by Gasteiger charge is -2.17. The predicted molar refractivity (Wildman–Crippen MR) is 121 cm³/mol. The van der Waals surface area contributed by atoms with E-state index in [9.17, 15) is 8.42 Å². The van der Waals surface area contributed by atoms with Gasteiger partial charge in [0, 0.05) is 19.6 Å². The van der Waals surface area contributed by atoms with Crippen molar-refractivity contribution in [2.75, 3.05) is 46.1 Å². The van der Waals surface area contributed by atoms with E-state index in [0.717, 1.165) is 12.8 Å². The number of unbranched alkanes of at least 4 members (excludes halogenated alkanes) is 9. The summed E-state index contributed by atoms with van der Waals surface area (Å²) >= 11 is 0. The second-order valence-corrected chi connectivity index (χ2v) is 8.88. The molecule has 0 heterocycles. The van der Waals surface area contributed by atoms with Gasteiger partial charge in [-0.05, 0) is 6.42 Å². The lowest BCUT2D eigenvalue weighted by Crippen LogP contribution is -2.32. The summed E-state index contributed by atoms with van der Waals surface area (Å²) in [6.45, 7) is 4.06. The number of nitrogens with zero attached hydrogens (tertiary/aromatic N) is 1. The molecule has 0 aliphatic heterocycles. The van der Waals surface area contributed by atoms with Crippen molar-refractivity contribution in [1.82, 2.24) is 4.90 Å². The van der Waals surface area contributed by atoms with Crippen molar-refractivity contribution in [2.24, 2.45) is 0 Å². The van der Waals surface area contributed by atoms with Crippen LogP contribution in [0.5, 0.6) is 0 Å². The molecule has 0 bridgehead atoms. The van der Waals surface area contributed by atoms with Crippen molar-refractivity contribution in [3.63, 3.8) is 0 Å². The Balaban J connectivity index is -0.000000471. The minimum absolute atomic E-state index is 0.0694. The number of aliphatic hydroxyl groups is 3. The molecule has 0 saturated carbocycles. The molecule has 0 unspecified atom stereocenters. The Morgan fingerprint density at radius 1 is 0.625 bits per heavy atom. The predicted octanol–water partition coefficient (Wildman–Crippen LogP) is 1.34.